The average Bonchev–Trinajstić information content (AvgIpc) is 2.39. The van der Waals surface area contributed by atoms with Gasteiger partial charge in [-0.25, -0.2) is 4.79 Å². The summed E-state index contributed by atoms with van der Waals surface area (Å²) in [6.45, 7) is 2.63. The number of fused-ring (bicyclic) bond motifs is 1. The molecule has 1 aromatic rings. The first-order valence-corrected chi connectivity index (χ1v) is 6.68. The number of halogens is 1. The summed E-state index contributed by atoms with van der Waals surface area (Å²) >= 11 is 6.01. The normalized spacial score (nSPS) is 20.5. The molecule has 0 unspecified atom stereocenters. The van der Waals surface area contributed by atoms with E-state index in [-0.39, 0.29) is 6.03 Å². The molecule has 2 amide bonds. The van der Waals surface area contributed by atoms with Gasteiger partial charge in [0.25, 0.3) is 0 Å². The molecule has 0 aliphatic carbocycles. The quantitative estimate of drug-likeness (QED) is 0.819. The number of nitrogens with one attached hydrogen (secondary N) is 2. The lowest BCUT2D eigenvalue weighted by atomic mass is 10.0. The Labute approximate surface area is 111 Å². The van der Waals surface area contributed by atoms with Crippen LogP contribution in [0.4, 0.5) is 10.5 Å². The topological polar surface area (TPSA) is 44.4 Å². The number of rotatable bonds is 1. The van der Waals surface area contributed by atoms with Crippen LogP contribution < -0.4 is 10.6 Å². The van der Waals surface area contributed by atoms with Gasteiger partial charge in [0.2, 0.25) is 0 Å². The maximum Gasteiger partial charge on any atom is 0.322 e. The van der Waals surface area contributed by atoms with Crippen molar-refractivity contribution in [2.24, 2.45) is 0 Å². The van der Waals surface area contributed by atoms with Crippen LogP contribution in [0.25, 0.3) is 0 Å². The number of benzene rings is 1. The Bertz CT molecular complexity index is 471. The molecule has 0 bridgehead atoms. The van der Waals surface area contributed by atoms with Crippen molar-refractivity contribution in [1.29, 1.82) is 0 Å². The Balaban J connectivity index is 1.83. The predicted molar refractivity (Wildman–Crippen MR) is 71.9 cm³/mol. The van der Waals surface area contributed by atoms with Crippen molar-refractivity contribution in [3.8, 4) is 0 Å². The minimum Gasteiger partial charge on any atom is -0.317 e. The van der Waals surface area contributed by atoms with Crippen LogP contribution in [0, 0.1) is 0 Å². The monoisotopic (exact) mass is 265 g/mol. The van der Waals surface area contributed by atoms with Crippen LogP contribution in [-0.2, 0) is 6.54 Å². The van der Waals surface area contributed by atoms with Gasteiger partial charge >= 0.3 is 6.03 Å². The Kier molecular flexibility index (Phi) is 3.14. The van der Waals surface area contributed by atoms with Gasteiger partial charge in [0.15, 0.2) is 0 Å². The lowest BCUT2D eigenvalue weighted by molar-refractivity contribution is 0.163. The first kappa shape index (κ1) is 11.8. The van der Waals surface area contributed by atoms with Gasteiger partial charge in [-0.1, -0.05) is 11.6 Å². The van der Waals surface area contributed by atoms with Gasteiger partial charge in [0.05, 0.1) is 0 Å². The lowest BCUT2D eigenvalue weighted by Gasteiger charge is -2.37. The Hall–Kier alpha value is -1.26. The molecule has 0 radical (unpaired) electrons. The number of amides is 2. The minimum atomic E-state index is 0.0109. The molecular formula is C13H16ClN3O. The number of anilines is 1. The van der Waals surface area contributed by atoms with Crippen molar-refractivity contribution >= 4 is 23.3 Å². The first-order valence-electron chi connectivity index (χ1n) is 6.31. The van der Waals surface area contributed by atoms with Crippen LogP contribution in [0.2, 0.25) is 5.02 Å². The molecule has 3 rings (SSSR count). The van der Waals surface area contributed by atoms with Crippen molar-refractivity contribution in [1.82, 2.24) is 10.2 Å². The number of piperidine rings is 1. The molecule has 1 aromatic carbocycles. The summed E-state index contributed by atoms with van der Waals surface area (Å²) in [6.07, 6.45) is 2.03. The number of hydrogen-bond donors (Lipinski definition) is 2. The molecule has 2 N–H and O–H groups in total. The van der Waals surface area contributed by atoms with Gasteiger partial charge in [0.1, 0.15) is 0 Å². The van der Waals surface area contributed by atoms with E-state index in [1.54, 1.807) is 6.07 Å². The van der Waals surface area contributed by atoms with E-state index in [1.165, 1.54) is 0 Å². The van der Waals surface area contributed by atoms with Gasteiger partial charge in [0, 0.05) is 23.3 Å². The third-order valence-corrected chi connectivity index (χ3v) is 3.89. The summed E-state index contributed by atoms with van der Waals surface area (Å²) in [5.74, 6) is 0. The summed E-state index contributed by atoms with van der Waals surface area (Å²) in [4.78, 5) is 14.0. The third-order valence-electron chi connectivity index (χ3n) is 3.66. The van der Waals surface area contributed by atoms with Crippen molar-refractivity contribution in [3.63, 3.8) is 0 Å². The lowest BCUT2D eigenvalue weighted by Crippen LogP contribution is -2.49. The van der Waals surface area contributed by atoms with Crippen molar-refractivity contribution in [3.05, 3.63) is 28.8 Å². The summed E-state index contributed by atoms with van der Waals surface area (Å²) in [7, 11) is 0. The highest BCUT2D eigenvalue weighted by Crippen LogP contribution is 2.28. The Morgan fingerprint density at radius 3 is 2.83 bits per heavy atom. The second-order valence-electron chi connectivity index (χ2n) is 4.84. The summed E-state index contributed by atoms with van der Waals surface area (Å²) in [5, 5.41) is 6.98. The van der Waals surface area contributed by atoms with Crippen LogP contribution in [0.1, 0.15) is 18.4 Å². The SMILES string of the molecule is O=C1Nc2ccc(Cl)cc2CN1C1CCNCC1. The fourth-order valence-corrected chi connectivity index (χ4v) is 2.87. The molecule has 96 valence electrons. The van der Waals surface area contributed by atoms with E-state index in [1.807, 2.05) is 17.0 Å². The predicted octanol–water partition coefficient (Wildman–Crippen LogP) is 2.44. The highest BCUT2D eigenvalue weighted by Gasteiger charge is 2.29. The Morgan fingerprint density at radius 2 is 2.06 bits per heavy atom. The smallest absolute Gasteiger partial charge is 0.317 e. The molecule has 2 aliphatic rings. The van der Waals surface area contributed by atoms with E-state index in [0.717, 1.165) is 42.2 Å². The maximum absolute atomic E-state index is 12.1. The maximum atomic E-state index is 12.1. The van der Waals surface area contributed by atoms with Gasteiger partial charge in [-0.2, -0.15) is 0 Å². The van der Waals surface area contributed by atoms with Crippen LogP contribution >= 0.6 is 11.6 Å². The van der Waals surface area contributed by atoms with Crippen LogP contribution in [0.5, 0.6) is 0 Å². The number of carbonyl (C=O) groups is 1. The molecule has 2 aliphatic heterocycles. The molecule has 0 spiro atoms. The molecule has 0 aromatic heterocycles. The number of carbonyl (C=O) groups excluding carboxylic acids is 1. The molecule has 18 heavy (non-hydrogen) atoms. The number of hydrogen-bond acceptors (Lipinski definition) is 2. The van der Waals surface area contributed by atoms with Gasteiger partial charge in [-0.3, -0.25) is 0 Å². The summed E-state index contributed by atoms with van der Waals surface area (Å²) < 4.78 is 0. The summed E-state index contributed by atoms with van der Waals surface area (Å²) in [6, 6.07) is 5.95. The van der Waals surface area contributed by atoms with E-state index in [9.17, 15) is 4.79 Å². The highest BCUT2D eigenvalue weighted by atomic mass is 35.5. The van der Waals surface area contributed by atoms with E-state index in [0.29, 0.717) is 12.6 Å². The van der Waals surface area contributed by atoms with Crippen LogP contribution in [0.3, 0.4) is 0 Å². The zero-order valence-electron chi connectivity index (χ0n) is 10.1. The van der Waals surface area contributed by atoms with E-state index in [2.05, 4.69) is 10.6 Å². The van der Waals surface area contributed by atoms with Crippen LogP contribution in [0.15, 0.2) is 18.2 Å². The second-order valence-corrected chi connectivity index (χ2v) is 5.28. The van der Waals surface area contributed by atoms with Gasteiger partial charge in [-0.05, 0) is 49.7 Å². The van der Waals surface area contributed by atoms with Gasteiger partial charge < -0.3 is 15.5 Å². The second kappa shape index (κ2) is 4.78. The minimum absolute atomic E-state index is 0.0109. The average molecular weight is 266 g/mol. The fourth-order valence-electron chi connectivity index (χ4n) is 2.67. The molecule has 2 heterocycles. The largest absolute Gasteiger partial charge is 0.322 e. The summed E-state index contributed by atoms with van der Waals surface area (Å²) in [5.41, 5.74) is 1.98. The fraction of sp³-hybridized carbons (Fsp3) is 0.462. The van der Waals surface area contributed by atoms with Crippen LogP contribution in [-0.4, -0.2) is 30.1 Å². The zero-order chi connectivity index (χ0) is 12.5. The molecular weight excluding hydrogens is 250 g/mol. The Morgan fingerprint density at radius 1 is 1.28 bits per heavy atom. The van der Waals surface area contributed by atoms with E-state index < -0.39 is 0 Å². The molecule has 1 saturated heterocycles. The molecule has 0 atom stereocenters. The highest BCUT2D eigenvalue weighted by molar-refractivity contribution is 6.30. The van der Waals surface area contributed by atoms with Crippen molar-refractivity contribution in [2.75, 3.05) is 18.4 Å². The zero-order valence-corrected chi connectivity index (χ0v) is 10.8. The molecule has 4 nitrogen and oxygen atoms in total. The van der Waals surface area contributed by atoms with Crippen molar-refractivity contribution < 1.29 is 4.79 Å². The molecule has 1 fully saturated rings. The van der Waals surface area contributed by atoms with Gasteiger partial charge in [-0.15, -0.1) is 0 Å². The van der Waals surface area contributed by atoms with Crippen molar-refractivity contribution in [2.45, 2.75) is 25.4 Å². The molecule has 5 heteroatoms. The number of urea groups is 1. The first-order chi connectivity index (χ1) is 8.74. The van der Waals surface area contributed by atoms with E-state index in [4.69, 9.17) is 11.6 Å². The standard InChI is InChI=1S/C13H16ClN3O/c14-10-1-2-12-9(7-10)8-17(13(18)16-12)11-3-5-15-6-4-11/h1-2,7,11,15H,3-6,8H2,(H,16,18). The third kappa shape index (κ3) is 2.18. The number of nitrogens with zero attached hydrogens (tertiary/aromatic N) is 1. The molecule has 0 saturated carbocycles. The van der Waals surface area contributed by atoms with E-state index >= 15 is 0 Å².